The molecule has 0 amide bonds. The van der Waals surface area contributed by atoms with Crippen molar-refractivity contribution in [3.8, 4) is 0 Å². The lowest BCUT2D eigenvalue weighted by Gasteiger charge is -2.24. The summed E-state index contributed by atoms with van der Waals surface area (Å²) in [6.07, 6.45) is 8.67. The Morgan fingerprint density at radius 2 is 1.47 bits per heavy atom. The fourth-order valence-electron chi connectivity index (χ4n) is 1.63. The highest BCUT2D eigenvalue weighted by molar-refractivity contribution is 7.82. The highest BCUT2D eigenvalue weighted by Gasteiger charge is 2.35. The van der Waals surface area contributed by atoms with Gasteiger partial charge in [-0.15, -0.1) is 0 Å². The van der Waals surface area contributed by atoms with Crippen LogP contribution in [0, 0.1) is 0 Å². The maximum Gasteiger partial charge on any atom is 0.404 e. The van der Waals surface area contributed by atoms with Gasteiger partial charge in [-0.25, -0.2) is 8.37 Å². The number of unbranched alkanes of at least 4 members (excludes halogenated alkanes) is 6. The lowest BCUT2D eigenvalue weighted by Crippen LogP contribution is -2.35. The zero-order valence-corrected chi connectivity index (χ0v) is 10.1. The van der Waals surface area contributed by atoms with E-state index in [1.165, 1.54) is 32.1 Å². The zero-order valence-electron chi connectivity index (χ0n) is 9.28. The monoisotopic (exact) mass is 236 g/mol. The summed E-state index contributed by atoms with van der Waals surface area (Å²) >= 11 is 0. The molecule has 0 bridgehead atoms. The normalized spacial score (nSPS) is 20.1. The maximum atomic E-state index is 10.5. The first-order valence-corrected chi connectivity index (χ1v) is 7.09. The number of rotatable bonds is 8. The van der Waals surface area contributed by atoms with Gasteiger partial charge in [0.25, 0.3) is 0 Å². The Bertz CT molecular complexity index is 249. The first-order chi connectivity index (χ1) is 7.14. The van der Waals surface area contributed by atoms with Crippen molar-refractivity contribution >= 4 is 10.4 Å². The van der Waals surface area contributed by atoms with Crippen LogP contribution in [0.15, 0.2) is 0 Å². The quantitative estimate of drug-likeness (QED) is 0.608. The molecule has 0 aromatic rings. The predicted molar refractivity (Wildman–Crippen MR) is 57.5 cm³/mol. The minimum atomic E-state index is -3.59. The summed E-state index contributed by atoms with van der Waals surface area (Å²) in [5, 5.41) is 0. The van der Waals surface area contributed by atoms with Crippen molar-refractivity contribution in [2.24, 2.45) is 0 Å². The molecule has 90 valence electrons. The number of hydrogen-bond donors (Lipinski definition) is 0. The summed E-state index contributed by atoms with van der Waals surface area (Å²) in [6, 6.07) is 0. The molecule has 0 atom stereocenters. The molecule has 0 aromatic carbocycles. The van der Waals surface area contributed by atoms with E-state index in [1.54, 1.807) is 0 Å². The second kappa shape index (κ2) is 6.45. The van der Waals surface area contributed by atoms with Gasteiger partial charge in [0.1, 0.15) is 0 Å². The fraction of sp³-hybridized carbons (Fsp3) is 1.00. The average Bonchev–Trinajstić information content (AvgIpc) is 2.13. The van der Waals surface area contributed by atoms with Crippen LogP contribution in [0.2, 0.25) is 0 Å². The minimum absolute atomic E-state index is 0.509. The molecule has 0 radical (unpaired) electrons. The molecule has 0 aliphatic carbocycles. The van der Waals surface area contributed by atoms with Gasteiger partial charge in [0.2, 0.25) is 0 Å². The van der Waals surface area contributed by atoms with Crippen molar-refractivity contribution in [2.45, 2.75) is 64.6 Å². The van der Waals surface area contributed by atoms with E-state index in [0.29, 0.717) is 6.42 Å². The standard InChI is InChI=1S/C10H20O4S/c1-2-3-4-5-6-7-8-9-10-13-15(11,12)14-10/h10H,2-9H2,1H3. The topological polar surface area (TPSA) is 52.6 Å². The predicted octanol–water partition coefficient (Wildman–Crippen LogP) is 2.74. The number of hydrogen-bond acceptors (Lipinski definition) is 4. The highest BCUT2D eigenvalue weighted by atomic mass is 32.3. The lowest BCUT2D eigenvalue weighted by atomic mass is 10.1. The van der Waals surface area contributed by atoms with E-state index in [9.17, 15) is 8.42 Å². The van der Waals surface area contributed by atoms with Gasteiger partial charge in [0.15, 0.2) is 6.29 Å². The van der Waals surface area contributed by atoms with Crippen molar-refractivity contribution in [1.29, 1.82) is 0 Å². The van der Waals surface area contributed by atoms with Crippen LogP contribution in [-0.4, -0.2) is 14.7 Å². The molecule has 0 N–H and O–H groups in total. The van der Waals surface area contributed by atoms with Crippen molar-refractivity contribution in [3.05, 3.63) is 0 Å². The summed E-state index contributed by atoms with van der Waals surface area (Å²) in [6.45, 7) is 2.20. The van der Waals surface area contributed by atoms with Crippen LogP contribution in [0.3, 0.4) is 0 Å². The molecule has 1 rings (SSSR count). The van der Waals surface area contributed by atoms with Crippen LogP contribution in [0.1, 0.15) is 58.3 Å². The van der Waals surface area contributed by atoms with E-state index in [-0.39, 0.29) is 0 Å². The first-order valence-electron chi connectivity index (χ1n) is 5.75. The van der Waals surface area contributed by atoms with Crippen molar-refractivity contribution < 1.29 is 16.8 Å². The first kappa shape index (κ1) is 12.9. The van der Waals surface area contributed by atoms with Crippen LogP contribution in [-0.2, 0) is 18.8 Å². The molecule has 5 heteroatoms. The van der Waals surface area contributed by atoms with Crippen LogP contribution < -0.4 is 0 Å². The molecule has 1 aliphatic heterocycles. The summed E-state index contributed by atoms with van der Waals surface area (Å²) in [4.78, 5) is 0. The smallest absolute Gasteiger partial charge is 0.215 e. The Kier molecular flexibility index (Phi) is 5.56. The lowest BCUT2D eigenvalue weighted by molar-refractivity contribution is -0.0842. The molecule has 4 nitrogen and oxygen atoms in total. The summed E-state index contributed by atoms with van der Waals surface area (Å²) in [5.74, 6) is 0. The second-order valence-corrected chi connectivity index (χ2v) is 5.14. The van der Waals surface area contributed by atoms with Gasteiger partial charge < -0.3 is 0 Å². The van der Waals surface area contributed by atoms with Gasteiger partial charge in [-0.1, -0.05) is 45.4 Å². The van der Waals surface area contributed by atoms with Gasteiger partial charge in [0, 0.05) is 6.42 Å². The van der Waals surface area contributed by atoms with Crippen LogP contribution >= 0.6 is 0 Å². The summed E-state index contributed by atoms with van der Waals surface area (Å²) in [5.41, 5.74) is 0. The van der Waals surface area contributed by atoms with E-state index in [0.717, 1.165) is 12.8 Å². The van der Waals surface area contributed by atoms with Gasteiger partial charge in [-0.05, 0) is 6.42 Å². The summed E-state index contributed by atoms with van der Waals surface area (Å²) < 4.78 is 30.0. The molecular weight excluding hydrogens is 216 g/mol. The molecular formula is C10H20O4S. The molecule has 0 saturated carbocycles. The molecule has 15 heavy (non-hydrogen) atoms. The average molecular weight is 236 g/mol. The Morgan fingerprint density at radius 1 is 0.933 bits per heavy atom. The van der Waals surface area contributed by atoms with E-state index < -0.39 is 16.7 Å². The Labute approximate surface area is 92.3 Å². The van der Waals surface area contributed by atoms with E-state index in [4.69, 9.17) is 0 Å². The molecule has 1 fully saturated rings. The van der Waals surface area contributed by atoms with Crippen LogP contribution in [0.25, 0.3) is 0 Å². The minimum Gasteiger partial charge on any atom is -0.215 e. The third kappa shape index (κ3) is 5.49. The van der Waals surface area contributed by atoms with Crippen molar-refractivity contribution in [3.63, 3.8) is 0 Å². The SMILES string of the molecule is CCCCCCCCCC1OS(=O)(=O)O1. The highest BCUT2D eigenvalue weighted by Crippen LogP contribution is 2.23. The van der Waals surface area contributed by atoms with E-state index in [2.05, 4.69) is 15.3 Å². The van der Waals surface area contributed by atoms with Crippen LogP contribution in [0.5, 0.6) is 0 Å². The zero-order chi connectivity index (χ0) is 11.1. The molecule has 0 unspecified atom stereocenters. The van der Waals surface area contributed by atoms with E-state index >= 15 is 0 Å². The van der Waals surface area contributed by atoms with Crippen molar-refractivity contribution in [2.75, 3.05) is 0 Å². The summed E-state index contributed by atoms with van der Waals surface area (Å²) in [7, 11) is -3.59. The third-order valence-corrected chi connectivity index (χ3v) is 3.39. The Morgan fingerprint density at radius 3 is 2.00 bits per heavy atom. The third-order valence-electron chi connectivity index (χ3n) is 2.49. The second-order valence-electron chi connectivity index (χ2n) is 3.94. The molecule has 0 spiro atoms. The van der Waals surface area contributed by atoms with Crippen LogP contribution in [0.4, 0.5) is 0 Å². The molecule has 1 saturated heterocycles. The van der Waals surface area contributed by atoms with Crippen molar-refractivity contribution in [1.82, 2.24) is 0 Å². The largest absolute Gasteiger partial charge is 0.404 e. The van der Waals surface area contributed by atoms with Gasteiger partial charge in [0.05, 0.1) is 0 Å². The molecule has 0 aromatic heterocycles. The van der Waals surface area contributed by atoms with E-state index in [1.807, 2.05) is 0 Å². The van der Waals surface area contributed by atoms with Gasteiger partial charge >= 0.3 is 10.4 Å². The Hall–Kier alpha value is -0.130. The van der Waals surface area contributed by atoms with Gasteiger partial charge in [-0.2, -0.15) is 8.42 Å². The Balaban J connectivity index is 1.82. The molecule has 1 heterocycles. The fourth-order valence-corrected chi connectivity index (χ4v) is 2.37. The molecule has 1 aliphatic rings. The maximum absolute atomic E-state index is 10.5. The van der Waals surface area contributed by atoms with Gasteiger partial charge in [-0.3, -0.25) is 0 Å².